The van der Waals surface area contributed by atoms with Crippen molar-refractivity contribution in [3.63, 3.8) is 0 Å². The van der Waals surface area contributed by atoms with Gasteiger partial charge in [-0.25, -0.2) is 0 Å². The number of nitrogens with zero attached hydrogens (tertiary/aromatic N) is 3. The molecule has 1 aromatic carbocycles. The highest BCUT2D eigenvalue weighted by Gasteiger charge is 2.14. The van der Waals surface area contributed by atoms with Crippen molar-refractivity contribution in [2.24, 2.45) is 0 Å². The summed E-state index contributed by atoms with van der Waals surface area (Å²) in [5, 5.41) is 9.09. The minimum atomic E-state index is 0.723. The number of halogens is 1. The number of ether oxygens (including phenoxy) is 1. The quantitative estimate of drug-likeness (QED) is 0.769. The van der Waals surface area contributed by atoms with Gasteiger partial charge in [0.15, 0.2) is 0 Å². The van der Waals surface area contributed by atoms with Gasteiger partial charge in [0.2, 0.25) is 0 Å². The molecule has 2 rings (SSSR count). The van der Waals surface area contributed by atoms with Gasteiger partial charge in [-0.15, -0.1) is 5.10 Å². The molecule has 0 saturated heterocycles. The topological polar surface area (TPSA) is 39.9 Å². The molecular weight excluding hydrogens is 298 g/mol. The Morgan fingerprint density at radius 3 is 2.64 bits per heavy atom. The fourth-order valence-corrected chi connectivity index (χ4v) is 2.76. The van der Waals surface area contributed by atoms with E-state index in [1.165, 1.54) is 5.56 Å². The Balaban J connectivity index is 2.23. The number of aryl methyl sites for hydroxylation is 3. The Morgan fingerprint density at radius 1 is 1.23 bits per heavy atom. The number of aromatic nitrogens is 3. The second-order valence-electron chi connectivity index (χ2n) is 5.52. The Kier molecular flexibility index (Phi) is 5.83. The first-order valence-electron chi connectivity index (χ1n) is 7.87. The first-order valence-corrected chi connectivity index (χ1v) is 8.25. The minimum Gasteiger partial charge on any atom is -0.493 e. The molecule has 120 valence electrons. The molecule has 0 bridgehead atoms. The zero-order chi connectivity index (χ0) is 16.1. The SMILES string of the molecule is CCCOc1c(C)cc(Cl)c(C)c1CCc1cn(CC)nn1. The van der Waals surface area contributed by atoms with E-state index in [4.69, 9.17) is 16.3 Å². The molecule has 1 aromatic heterocycles. The molecule has 0 spiro atoms. The van der Waals surface area contributed by atoms with Crippen molar-refractivity contribution in [3.05, 3.63) is 39.7 Å². The lowest BCUT2D eigenvalue weighted by atomic mass is 9.98. The molecule has 5 heteroatoms. The van der Waals surface area contributed by atoms with Crippen LogP contribution in [-0.4, -0.2) is 21.6 Å². The molecule has 0 saturated carbocycles. The summed E-state index contributed by atoms with van der Waals surface area (Å²) in [5.41, 5.74) is 4.38. The molecule has 0 N–H and O–H groups in total. The second-order valence-corrected chi connectivity index (χ2v) is 5.93. The van der Waals surface area contributed by atoms with Crippen molar-refractivity contribution in [3.8, 4) is 5.75 Å². The maximum absolute atomic E-state index is 6.35. The zero-order valence-corrected chi connectivity index (χ0v) is 14.6. The summed E-state index contributed by atoms with van der Waals surface area (Å²) in [6.07, 6.45) is 4.68. The zero-order valence-electron chi connectivity index (χ0n) is 13.8. The predicted octanol–water partition coefficient (Wildman–Crippen LogP) is 4.14. The number of benzene rings is 1. The van der Waals surface area contributed by atoms with Crippen molar-refractivity contribution in [1.29, 1.82) is 0 Å². The standard InChI is InChI=1S/C17H24ClN3O/c1-5-9-22-17-12(3)10-16(18)13(4)15(17)8-7-14-11-21(6-2)20-19-14/h10-11H,5-9H2,1-4H3. The first-order chi connectivity index (χ1) is 10.6. The summed E-state index contributed by atoms with van der Waals surface area (Å²) in [4.78, 5) is 0. The molecule has 1 heterocycles. The molecule has 0 atom stereocenters. The largest absolute Gasteiger partial charge is 0.493 e. The van der Waals surface area contributed by atoms with Crippen LogP contribution in [0.15, 0.2) is 12.3 Å². The van der Waals surface area contributed by atoms with Crippen LogP contribution < -0.4 is 4.74 Å². The van der Waals surface area contributed by atoms with Gasteiger partial charge in [0.25, 0.3) is 0 Å². The highest BCUT2D eigenvalue weighted by molar-refractivity contribution is 6.31. The van der Waals surface area contributed by atoms with Crippen LogP contribution in [0.1, 0.15) is 42.7 Å². The van der Waals surface area contributed by atoms with Gasteiger partial charge in [-0.3, -0.25) is 4.68 Å². The van der Waals surface area contributed by atoms with Gasteiger partial charge in [-0.1, -0.05) is 23.7 Å². The van der Waals surface area contributed by atoms with E-state index < -0.39 is 0 Å². The Morgan fingerprint density at radius 2 is 2.00 bits per heavy atom. The van der Waals surface area contributed by atoms with Crippen molar-refractivity contribution in [1.82, 2.24) is 15.0 Å². The first kappa shape index (κ1) is 16.8. The normalized spacial score (nSPS) is 11.0. The maximum Gasteiger partial charge on any atom is 0.125 e. The molecular formula is C17H24ClN3O. The molecule has 4 nitrogen and oxygen atoms in total. The van der Waals surface area contributed by atoms with Crippen LogP contribution in [0, 0.1) is 13.8 Å². The number of hydrogen-bond donors (Lipinski definition) is 0. The molecule has 0 aliphatic rings. The predicted molar refractivity (Wildman–Crippen MR) is 89.8 cm³/mol. The van der Waals surface area contributed by atoms with Crippen LogP contribution in [0.25, 0.3) is 0 Å². The average Bonchev–Trinajstić information content (AvgIpc) is 2.96. The van der Waals surface area contributed by atoms with E-state index in [-0.39, 0.29) is 0 Å². The van der Waals surface area contributed by atoms with Crippen LogP contribution in [0.4, 0.5) is 0 Å². The maximum atomic E-state index is 6.35. The molecule has 0 aliphatic heterocycles. The van der Waals surface area contributed by atoms with Gasteiger partial charge < -0.3 is 4.74 Å². The average molecular weight is 322 g/mol. The van der Waals surface area contributed by atoms with Gasteiger partial charge in [0.05, 0.1) is 12.3 Å². The van der Waals surface area contributed by atoms with E-state index in [1.54, 1.807) is 0 Å². The van der Waals surface area contributed by atoms with E-state index in [0.29, 0.717) is 0 Å². The molecule has 22 heavy (non-hydrogen) atoms. The van der Waals surface area contributed by atoms with Crippen LogP contribution in [0.5, 0.6) is 5.75 Å². The summed E-state index contributed by atoms with van der Waals surface area (Å²) in [6.45, 7) is 9.83. The van der Waals surface area contributed by atoms with Crippen LogP contribution in [0.2, 0.25) is 5.02 Å². The lowest BCUT2D eigenvalue weighted by molar-refractivity contribution is 0.311. The van der Waals surface area contributed by atoms with E-state index >= 15 is 0 Å². The van der Waals surface area contributed by atoms with Crippen LogP contribution >= 0.6 is 11.6 Å². The van der Waals surface area contributed by atoms with Crippen LogP contribution in [0.3, 0.4) is 0 Å². The van der Waals surface area contributed by atoms with Gasteiger partial charge in [-0.05, 0) is 62.8 Å². The minimum absolute atomic E-state index is 0.723. The lowest BCUT2D eigenvalue weighted by Gasteiger charge is -2.17. The van der Waals surface area contributed by atoms with Crippen molar-refractivity contribution in [2.45, 2.75) is 53.5 Å². The fraction of sp³-hybridized carbons (Fsp3) is 0.529. The highest BCUT2D eigenvalue weighted by atomic mass is 35.5. The third-order valence-corrected chi connectivity index (χ3v) is 4.17. The highest BCUT2D eigenvalue weighted by Crippen LogP contribution is 2.33. The smallest absolute Gasteiger partial charge is 0.125 e. The summed E-state index contributed by atoms with van der Waals surface area (Å²) in [6, 6.07) is 1.98. The molecule has 0 amide bonds. The Labute approximate surface area is 137 Å². The van der Waals surface area contributed by atoms with Gasteiger partial charge in [-0.2, -0.15) is 0 Å². The van der Waals surface area contributed by atoms with Gasteiger partial charge in [0, 0.05) is 17.8 Å². The molecule has 0 radical (unpaired) electrons. The lowest BCUT2D eigenvalue weighted by Crippen LogP contribution is -2.05. The fourth-order valence-electron chi connectivity index (χ4n) is 2.48. The van der Waals surface area contributed by atoms with E-state index in [2.05, 4.69) is 31.1 Å². The monoisotopic (exact) mass is 321 g/mol. The summed E-state index contributed by atoms with van der Waals surface area (Å²) in [5.74, 6) is 0.978. The van der Waals surface area contributed by atoms with Crippen molar-refractivity contribution < 1.29 is 4.74 Å². The summed E-state index contributed by atoms with van der Waals surface area (Å²) in [7, 11) is 0. The molecule has 0 unspecified atom stereocenters. The van der Waals surface area contributed by atoms with Crippen LogP contribution in [-0.2, 0) is 19.4 Å². The van der Waals surface area contributed by atoms with Gasteiger partial charge >= 0.3 is 0 Å². The summed E-state index contributed by atoms with van der Waals surface area (Å²) < 4.78 is 7.81. The third kappa shape index (κ3) is 3.80. The Bertz CT molecular complexity index is 637. The van der Waals surface area contributed by atoms with Gasteiger partial charge in [0.1, 0.15) is 5.75 Å². The molecule has 2 aromatic rings. The molecule has 0 aliphatic carbocycles. The molecule has 0 fully saturated rings. The third-order valence-electron chi connectivity index (χ3n) is 3.78. The second kappa shape index (κ2) is 7.63. The van der Waals surface area contributed by atoms with Crippen molar-refractivity contribution in [2.75, 3.05) is 6.61 Å². The Hall–Kier alpha value is -1.55. The number of rotatable bonds is 7. The van der Waals surface area contributed by atoms with Crippen molar-refractivity contribution >= 4 is 11.6 Å². The van der Waals surface area contributed by atoms with E-state index in [9.17, 15) is 0 Å². The number of hydrogen-bond acceptors (Lipinski definition) is 3. The van der Waals surface area contributed by atoms with E-state index in [1.807, 2.05) is 23.9 Å². The van der Waals surface area contributed by atoms with E-state index in [0.717, 1.165) is 60.0 Å². The summed E-state index contributed by atoms with van der Waals surface area (Å²) >= 11 is 6.35.